The van der Waals surface area contributed by atoms with Crippen molar-refractivity contribution in [3.05, 3.63) is 0 Å². The summed E-state index contributed by atoms with van der Waals surface area (Å²) in [7, 11) is 1.86. The molecule has 0 aromatic rings. The Kier molecular flexibility index (Phi) is 8.10. The molecule has 2 aliphatic heterocycles. The van der Waals surface area contributed by atoms with E-state index in [0.717, 1.165) is 57.8 Å². The van der Waals surface area contributed by atoms with Gasteiger partial charge < -0.3 is 15.1 Å². The van der Waals surface area contributed by atoms with Gasteiger partial charge >= 0.3 is 0 Å². The van der Waals surface area contributed by atoms with Gasteiger partial charge in [-0.15, -0.1) is 24.0 Å². The quantitative estimate of drug-likeness (QED) is 0.410. The fourth-order valence-corrected chi connectivity index (χ4v) is 3.61. The lowest BCUT2D eigenvalue weighted by atomic mass is 9.93. The first-order chi connectivity index (χ1) is 10.5. The summed E-state index contributed by atoms with van der Waals surface area (Å²) in [6.45, 7) is 10.8. The molecule has 2 saturated heterocycles. The van der Waals surface area contributed by atoms with Gasteiger partial charge in [-0.3, -0.25) is 9.79 Å². The maximum Gasteiger partial charge on any atom is 0.222 e. The van der Waals surface area contributed by atoms with Gasteiger partial charge in [0.25, 0.3) is 0 Å². The predicted octanol–water partition coefficient (Wildman–Crippen LogP) is 2.70. The Morgan fingerprint density at radius 2 is 2.13 bits per heavy atom. The van der Waals surface area contributed by atoms with E-state index < -0.39 is 0 Å². The number of carbonyl (C=O) groups excluding carboxylic acids is 1. The van der Waals surface area contributed by atoms with Gasteiger partial charge in [-0.2, -0.15) is 0 Å². The average Bonchev–Trinajstić information content (AvgIpc) is 3.05. The second-order valence-corrected chi connectivity index (χ2v) is 7.35. The highest BCUT2D eigenvalue weighted by molar-refractivity contribution is 14.0. The lowest BCUT2D eigenvalue weighted by Gasteiger charge is -2.28. The van der Waals surface area contributed by atoms with Crippen LogP contribution in [0.2, 0.25) is 0 Å². The number of nitrogens with zero attached hydrogens (tertiary/aromatic N) is 3. The SMILES string of the molecule is CCC(CCNC(=NC)N1CCC(C)(C)C1)N1CCCC1=O.I. The zero-order valence-electron chi connectivity index (χ0n) is 15.1. The third kappa shape index (κ3) is 5.50. The van der Waals surface area contributed by atoms with Crippen molar-refractivity contribution in [1.29, 1.82) is 0 Å². The smallest absolute Gasteiger partial charge is 0.222 e. The minimum absolute atomic E-state index is 0. The number of hydrogen-bond acceptors (Lipinski definition) is 2. The van der Waals surface area contributed by atoms with Crippen molar-refractivity contribution in [2.45, 2.75) is 58.9 Å². The molecule has 5 nitrogen and oxygen atoms in total. The molecule has 2 rings (SSSR count). The van der Waals surface area contributed by atoms with Gasteiger partial charge in [0.15, 0.2) is 5.96 Å². The highest BCUT2D eigenvalue weighted by atomic mass is 127. The molecule has 0 radical (unpaired) electrons. The fourth-order valence-electron chi connectivity index (χ4n) is 3.61. The van der Waals surface area contributed by atoms with Crippen molar-refractivity contribution in [2.75, 3.05) is 33.2 Å². The largest absolute Gasteiger partial charge is 0.356 e. The summed E-state index contributed by atoms with van der Waals surface area (Å²) in [6.07, 6.45) is 5.00. The van der Waals surface area contributed by atoms with Crippen LogP contribution >= 0.6 is 24.0 Å². The molecule has 2 aliphatic rings. The second-order valence-electron chi connectivity index (χ2n) is 7.35. The van der Waals surface area contributed by atoms with Crippen molar-refractivity contribution >= 4 is 35.8 Å². The zero-order chi connectivity index (χ0) is 16.2. The van der Waals surface area contributed by atoms with Crippen LogP contribution in [-0.4, -0.2) is 60.9 Å². The molecule has 2 heterocycles. The number of carbonyl (C=O) groups is 1. The number of guanidine groups is 1. The van der Waals surface area contributed by atoms with Crippen LogP contribution in [0.15, 0.2) is 4.99 Å². The first-order valence-corrected chi connectivity index (χ1v) is 8.72. The Morgan fingerprint density at radius 3 is 2.61 bits per heavy atom. The number of hydrogen-bond donors (Lipinski definition) is 1. The molecular formula is C17H33IN4O. The number of rotatable bonds is 5. The minimum Gasteiger partial charge on any atom is -0.356 e. The van der Waals surface area contributed by atoms with E-state index in [-0.39, 0.29) is 24.0 Å². The molecule has 23 heavy (non-hydrogen) atoms. The Morgan fingerprint density at radius 1 is 1.39 bits per heavy atom. The van der Waals surface area contributed by atoms with Crippen LogP contribution in [-0.2, 0) is 4.79 Å². The molecule has 0 saturated carbocycles. The summed E-state index contributed by atoms with van der Waals surface area (Å²) in [5.41, 5.74) is 0.381. The summed E-state index contributed by atoms with van der Waals surface area (Å²) in [5, 5.41) is 3.49. The van der Waals surface area contributed by atoms with E-state index in [1.165, 1.54) is 6.42 Å². The molecule has 1 unspecified atom stereocenters. The molecule has 6 heteroatoms. The normalized spacial score (nSPS) is 22.3. The van der Waals surface area contributed by atoms with Crippen LogP contribution in [0.25, 0.3) is 0 Å². The van der Waals surface area contributed by atoms with Gasteiger partial charge in [-0.05, 0) is 31.1 Å². The van der Waals surface area contributed by atoms with Gasteiger partial charge in [0.2, 0.25) is 5.91 Å². The van der Waals surface area contributed by atoms with Crippen LogP contribution in [0, 0.1) is 5.41 Å². The summed E-state index contributed by atoms with van der Waals surface area (Å²) in [6, 6.07) is 0.371. The molecule has 1 atom stereocenters. The van der Waals surface area contributed by atoms with Crippen molar-refractivity contribution in [3.8, 4) is 0 Å². The number of aliphatic imine (C=N–C) groups is 1. The van der Waals surface area contributed by atoms with Crippen molar-refractivity contribution in [1.82, 2.24) is 15.1 Å². The van der Waals surface area contributed by atoms with Crippen LogP contribution in [0.5, 0.6) is 0 Å². The first-order valence-electron chi connectivity index (χ1n) is 8.72. The Balaban J connectivity index is 0.00000264. The predicted molar refractivity (Wildman–Crippen MR) is 106 cm³/mol. The number of nitrogens with one attached hydrogen (secondary N) is 1. The van der Waals surface area contributed by atoms with Gasteiger partial charge in [0.1, 0.15) is 0 Å². The van der Waals surface area contributed by atoms with E-state index in [9.17, 15) is 4.79 Å². The number of amides is 1. The standard InChI is InChI=1S/C17H32N4O.HI/c1-5-14(21-11-6-7-15(21)22)8-10-19-16(18-4)20-12-9-17(2,3)13-20;/h14H,5-13H2,1-4H3,(H,18,19);1H. The maximum absolute atomic E-state index is 11.9. The summed E-state index contributed by atoms with van der Waals surface area (Å²) in [5.74, 6) is 1.34. The van der Waals surface area contributed by atoms with E-state index in [2.05, 4.69) is 40.9 Å². The third-order valence-corrected chi connectivity index (χ3v) is 4.97. The molecule has 0 spiro atoms. The monoisotopic (exact) mass is 436 g/mol. The van der Waals surface area contributed by atoms with Gasteiger partial charge in [-0.25, -0.2) is 0 Å². The van der Waals surface area contributed by atoms with E-state index in [0.29, 0.717) is 17.4 Å². The Bertz CT molecular complexity index is 425. The van der Waals surface area contributed by atoms with Crippen LogP contribution in [0.3, 0.4) is 0 Å². The lowest BCUT2D eigenvalue weighted by Crippen LogP contribution is -2.43. The molecule has 0 aromatic heterocycles. The lowest BCUT2D eigenvalue weighted by molar-refractivity contribution is -0.129. The highest BCUT2D eigenvalue weighted by Crippen LogP contribution is 2.28. The van der Waals surface area contributed by atoms with Crippen molar-refractivity contribution in [3.63, 3.8) is 0 Å². The van der Waals surface area contributed by atoms with E-state index in [1.807, 2.05) is 7.05 Å². The number of halogens is 1. The maximum atomic E-state index is 11.9. The molecule has 1 amide bonds. The Hall–Kier alpha value is -0.530. The molecule has 0 aliphatic carbocycles. The Labute approximate surface area is 158 Å². The first kappa shape index (κ1) is 20.5. The molecule has 134 valence electrons. The molecule has 0 bridgehead atoms. The topological polar surface area (TPSA) is 47.9 Å². The van der Waals surface area contributed by atoms with Crippen LogP contribution in [0.4, 0.5) is 0 Å². The fraction of sp³-hybridized carbons (Fsp3) is 0.882. The molecule has 0 aromatic carbocycles. The van der Waals surface area contributed by atoms with E-state index in [4.69, 9.17) is 0 Å². The highest BCUT2D eigenvalue weighted by Gasteiger charge is 2.31. The van der Waals surface area contributed by atoms with Crippen LogP contribution < -0.4 is 5.32 Å². The third-order valence-electron chi connectivity index (χ3n) is 4.97. The number of likely N-dealkylation sites (tertiary alicyclic amines) is 2. The second kappa shape index (κ2) is 9.08. The molecule has 2 fully saturated rings. The zero-order valence-corrected chi connectivity index (χ0v) is 17.4. The molecular weight excluding hydrogens is 403 g/mol. The van der Waals surface area contributed by atoms with Gasteiger partial charge in [-0.1, -0.05) is 20.8 Å². The van der Waals surface area contributed by atoms with E-state index in [1.54, 1.807) is 0 Å². The van der Waals surface area contributed by atoms with Gasteiger partial charge in [0.05, 0.1) is 0 Å². The van der Waals surface area contributed by atoms with E-state index >= 15 is 0 Å². The summed E-state index contributed by atoms with van der Waals surface area (Å²) in [4.78, 5) is 20.7. The van der Waals surface area contributed by atoms with Crippen LogP contribution in [0.1, 0.15) is 52.9 Å². The van der Waals surface area contributed by atoms with Crippen molar-refractivity contribution in [2.24, 2.45) is 10.4 Å². The summed E-state index contributed by atoms with van der Waals surface area (Å²) < 4.78 is 0. The minimum atomic E-state index is 0. The summed E-state index contributed by atoms with van der Waals surface area (Å²) >= 11 is 0. The van der Waals surface area contributed by atoms with Gasteiger partial charge in [0, 0.05) is 45.7 Å². The molecule has 1 N–H and O–H groups in total. The average molecular weight is 436 g/mol. The van der Waals surface area contributed by atoms with Crippen molar-refractivity contribution < 1.29 is 4.79 Å².